The molecule has 1 aromatic rings. The van der Waals surface area contributed by atoms with Crippen molar-refractivity contribution in [3.8, 4) is 0 Å². The molecule has 0 radical (unpaired) electrons. The number of aromatic nitrogens is 2. The maximum absolute atomic E-state index is 11.4. The van der Waals surface area contributed by atoms with E-state index in [0.717, 1.165) is 0 Å². The Morgan fingerprint density at radius 3 is 2.72 bits per heavy atom. The number of rotatable bonds is 6. The number of carbonyl (C=O) groups is 1. The van der Waals surface area contributed by atoms with Gasteiger partial charge < -0.3 is 20.8 Å². The number of likely N-dealkylation sites (N-methyl/N-ethyl adjacent to an activating group) is 1. The maximum atomic E-state index is 11.4. The molecular formula is C10H18N6O2. The van der Waals surface area contributed by atoms with Gasteiger partial charge in [-0.3, -0.25) is 4.79 Å². The number of amides is 1. The average molecular weight is 254 g/mol. The van der Waals surface area contributed by atoms with Gasteiger partial charge in [-0.05, 0) is 6.92 Å². The summed E-state index contributed by atoms with van der Waals surface area (Å²) in [6.45, 7) is 1.99. The van der Waals surface area contributed by atoms with Crippen molar-refractivity contribution in [2.75, 3.05) is 24.9 Å². The summed E-state index contributed by atoms with van der Waals surface area (Å²) >= 11 is 0. The topological polar surface area (TPSA) is 114 Å². The van der Waals surface area contributed by atoms with E-state index in [-0.39, 0.29) is 12.5 Å². The zero-order valence-electron chi connectivity index (χ0n) is 10.7. The molecule has 0 aliphatic carbocycles. The van der Waals surface area contributed by atoms with E-state index in [0.29, 0.717) is 17.5 Å². The summed E-state index contributed by atoms with van der Waals surface area (Å²) in [6.07, 6.45) is 0. The van der Waals surface area contributed by atoms with Gasteiger partial charge >= 0.3 is 0 Å². The molecule has 0 fully saturated rings. The Labute approximate surface area is 105 Å². The molecule has 0 aliphatic heterocycles. The number of methoxy groups -OCH3 is 1. The molecule has 0 saturated carbocycles. The first kappa shape index (κ1) is 14.1. The van der Waals surface area contributed by atoms with Crippen LogP contribution in [0.25, 0.3) is 0 Å². The molecule has 1 amide bonds. The van der Waals surface area contributed by atoms with Crippen molar-refractivity contribution in [2.24, 2.45) is 5.84 Å². The van der Waals surface area contributed by atoms with E-state index in [9.17, 15) is 4.79 Å². The normalized spacial score (nSPS) is 11.8. The standard InChI is InChI=1S/C10H18N6O2/c1-6(10(17)12-2)13-7-4-8(16-11)15-9(14-7)5-18-3/h4,6H,5,11H2,1-3H3,(H,12,17)(H2,13,14,15,16). The highest BCUT2D eigenvalue weighted by atomic mass is 16.5. The number of hydrogen-bond acceptors (Lipinski definition) is 7. The smallest absolute Gasteiger partial charge is 0.241 e. The highest BCUT2D eigenvalue weighted by molar-refractivity contribution is 5.83. The summed E-state index contributed by atoms with van der Waals surface area (Å²) in [4.78, 5) is 19.7. The van der Waals surface area contributed by atoms with Crippen LogP contribution in [0.2, 0.25) is 0 Å². The number of hydrogen-bond donors (Lipinski definition) is 4. The van der Waals surface area contributed by atoms with Crippen LogP contribution in [0.4, 0.5) is 11.6 Å². The quantitative estimate of drug-likeness (QED) is 0.398. The molecule has 0 spiro atoms. The van der Waals surface area contributed by atoms with Crippen LogP contribution in [-0.4, -0.2) is 36.1 Å². The van der Waals surface area contributed by atoms with Crippen molar-refractivity contribution in [1.29, 1.82) is 0 Å². The van der Waals surface area contributed by atoms with E-state index in [4.69, 9.17) is 10.6 Å². The first-order valence-electron chi connectivity index (χ1n) is 5.42. The fourth-order valence-corrected chi connectivity index (χ4v) is 1.34. The lowest BCUT2D eigenvalue weighted by Crippen LogP contribution is -2.35. The molecule has 18 heavy (non-hydrogen) atoms. The van der Waals surface area contributed by atoms with Crippen LogP contribution in [0.3, 0.4) is 0 Å². The Hall–Kier alpha value is -1.93. The van der Waals surface area contributed by atoms with Gasteiger partial charge in [-0.1, -0.05) is 0 Å². The van der Waals surface area contributed by atoms with E-state index in [1.807, 2.05) is 0 Å². The molecule has 1 unspecified atom stereocenters. The third-order valence-corrected chi connectivity index (χ3v) is 2.20. The van der Waals surface area contributed by atoms with E-state index in [2.05, 4.69) is 26.0 Å². The monoisotopic (exact) mass is 254 g/mol. The van der Waals surface area contributed by atoms with Gasteiger partial charge in [0.25, 0.3) is 0 Å². The summed E-state index contributed by atoms with van der Waals surface area (Å²) in [6, 6.07) is 1.20. The largest absolute Gasteiger partial charge is 0.377 e. The molecular weight excluding hydrogens is 236 g/mol. The minimum atomic E-state index is -0.411. The average Bonchev–Trinajstić information content (AvgIpc) is 2.37. The number of nitrogens with two attached hydrogens (primary N) is 1. The zero-order valence-corrected chi connectivity index (χ0v) is 10.7. The van der Waals surface area contributed by atoms with Crippen molar-refractivity contribution in [1.82, 2.24) is 15.3 Å². The van der Waals surface area contributed by atoms with Gasteiger partial charge in [0, 0.05) is 20.2 Å². The van der Waals surface area contributed by atoms with Gasteiger partial charge in [0.05, 0.1) is 0 Å². The van der Waals surface area contributed by atoms with Crippen molar-refractivity contribution in [3.63, 3.8) is 0 Å². The number of nitrogens with zero attached hydrogens (tertiary/aromatic N) is 2. The van der Waals surface area contributed by atoms with E-state index >= 15 is 0 Å². The second kappa shape index (κ2) is 6.72. The van der Waals surface area contributed by atoms with Crippen LogP contribution >= 0.6 is 0 Å². The molecule has 1 heterocycles. The maximum Gasteiger partial charge on any atom is 0.241 e. The minimum Gasteiger partial charge on any atom is -0.377 e. The second-order valence-corrected chi connectivity index (χ2v) is 3.61. The summed E-state index contributed by atoms with van der Waals surface area (Å²) < 4.78 is 4.96. The molecule has 1 atom stereocenters. The van der Waals surface area contributed by atoms with Crippen LogP contribution in [-0.2, 0) is 16.1 Å². The SMILES string of the molecule is CNC(=O)C(C)Nc1cc(NN)nc(COC)n1. The van der Waals surface area contributed by atoms with Gasteiger partial charge in [0.1, 0.15) is 24.3 Å². The first-order valence-corrected chi connectivity index (χ1v) is 5.42. The van der Waals surface area contributed by atoms with Gasteiger partial charge in [-0.25, -0.2) is 15.8 Å². The molecule has 100 valence electrons. The molecule has 5 N–H and O–H groups in total. The highest BCUT2D eigenvalue weighted by Gasteiger charge is 2.12. The fraction of sp³-hybridized carbons (Fsp3) is 0.500. The Bertz CT molecular complexity index is 411. The third kappa shape index (κ3) is 3.82. The fourth-order valence-electron chi connectivity index (χ4n) is 1.34. The Morgan fingerprint density at radius 1 is 1.50 bits per heavy atom. The Balaban J connectivity index is 2.86. The third-order valence-electron chi connectivity index (χ3n) is 2.20. The summed E-state index contributed by atoms with van der Waals surface area (Å²) in [7, 11) is 3.12. The first-order chi connectivity index (χ1) is 8.60. The van der Waals surface area contributed by atoms with Gasteiger partial charge in [0.2, 0.25) is 5.91 Å². The van der Waals surface area contributed by atoms with Crippen molar-refractivity contribution >= 4 is 17.5 Å². The van der Waals surface area contributed by atoms with Crippen LogP contribution in [0.15, 0.2) is 6.07 Å². The van der Waals surface area contributed by atoms with Crippen molar-refractivity contribution in [2.45, 2.75) is 19.6 Å². The van der Waals surface area contributed by atoms with Crippen LogP contribution in [0.5, 0.6) is 0 Å². The van der Waals surface area contributed by atoms with Crippen LogP contribution in [0.1, 0.15) is 12.7 Å². The van der Waals surface area contributed by atoms with Crippen molar-refractivity contribution < 1.29 is 9.53 Å². The second-order valence-electron chi connectivity index (χ2n) is 3.61. The predicted molar refractivity (Wildman–Crippen MR) is 67.7 cm³/mol. The number of ether oxygens (including phenoxy) is 1. The number of nitrogen functional groups attached to an aromatic ring is 1. The highest BCUT2D eigenvalue weighted by Crippen LogP contribution is 2.12. The number of nitrogens with one attached hydrogen (secondary N) is 3. The van der Waals surface area contributed by atoms with Gasteiger partial charge in [-0.2, -0.15) is 0 Å². The predicted octanol–water partition coefficient (Wildman–Crippen LogP) is -0.545. The number of hydrazine groups is 1. The minimum absolute atomic E-state index is 0.135. The molecule has 8 nitrogen and oxygen atoms in total. The molecule has 1 rings (SSSR count). The molecule has 0 aromatic carbocycles. The van der Waals surface area contributed by atoms with E-state index in [1.165, 1.54) is 0 Å². The molecule has 0 aliphatic rings. The molecule has 8 heteroatoms. The Morgan fingerprint density at radius 2 is 2.17 bits per heavy atom. The van der Waals surface area contributed by atoms with E-state index < -0.39 is 6.04 Å². The zero-order chi connectivity index (χ0) is 13.5. The van der Waals surface area contributed by atoms with E-state index in [1.54, 1.807) is 27.1 Å². The van der Waals surface area contributed by atoms with Crippen LogP contribution in [0, 0.1) is 0 Å². The van der Waals surface area contributed by atoms with Crippen LogP contribution < -0.4 is 21.9 Å². The summed E-state index contributed by atoms with van der Waals surface area (Å²) in [5.74, 6) is 6.60. The van der Waals surface area contributed by atoms with Gasteiger partial charge in [0.15, 0.2) is 5.82 Å². The van der Waals surface area contributed by atoms with Crippen molar-refractivity contribution in [3.05, 3.63) is 11.9 Å². The molecule has 0 bridgehead atoms. The number of carbonyl (C=O) groups excluding carboxylic acids is 1. The lowest BCUT2D eigenvalue weighted by atomic mass is 10.3. The molecule has 0 saturated heterocycles. The summed E-state index contributed by atoms with van der Waals surface area (Å²) in [5, 5.41) is 5.50. The molecule has 1 aromatic heterocycles. The summed E-state index contributed by atoms with van der Waals surface area (Å²) in [5.41, 5.74) is 2.44. The lowest BCUT2D eigenvalue weighted by molar-refractivity contribution is -0.121. The lowest BCUT2D eigenvalue weighted by Gasteiger charge is -2.14. The Kier molecular flexibility index (Phi) is 5.28. The number of anilines is 2. The van der Waals surface area contributed by atoms with Gasteiger partial charge in [-0.15, -0.1) is 0 Å².